The van der Waals surface area contributed by atoms with Crippen molar-refractivity contribution >= 4 is 46.6 Å². The molecule has 5 rings (SSSR count). The Hall–Kier alpha value is -3.65. The largest absolute Gasteiger partial charge is 0.397 e. The van der Waals surface area contributed by atoms with Crippen LogP contribution in [0.4, 0.5) is 17.1 Å². The first-order valence-corrected chi connectivity index (χ1v) is 12.7. The summed E-state index contributed by atoms with van der Waals surface area (Å²) in [6.45, 7) is 2.17. The third-order valence-corrected chi connectivity index (χ3v) is 7.10. The summed E-state index contributed by atoms with van der Waals surface area (Å²) < 4.78 is 5.74. The molecule has 4 N–H and O–H groups in total. The van der Waals surface area contributed by atoms with E-state index in [0.717, 1.165) is 30.7 Å². The summed E-state index contributed by atoms with van der Waals surface area (Å²) in [5, 5.41) is 6.43. The molecule has 2 fully saturated rings. The maximum absolute atomic E-state index is 13.4. The van der Waals surface area contributed by atoms with E-state index in [0.29, 0.717) is 34.7 Å². The highest BCUT2D eigenvalue weighted by atomic mass is 35.5. The first kappa shape index (κ1) is 25.0. The van der Waals surface area contributed by atoms with Crippen molar-refractivity contribution in [3.05, 3.63) is 95.0 Å². The minimum absolute atomic E-state index is 0.0749. The van der Waals surface area contributed by atoms with Gasteiger partial charge in [-0.1, -0.05) is 48.0 Å². The zero-order valence-electron chi connectivity index (χ0n) is 20.3. The highest BCUT2D eigenvalue weighted by Crippen LogP contribution is 2.31. The normalized spacial score (nSPS) is 19.7. The van der Waals surface area contributed by atoms with Gasteiger partial charge in [-0.25, -0.2) is 0 Å². The lowest BCUT2D eigenvalue weighted by Crippen LogP contribution is -2.42. The molecular weight excluding hydrogens is 488 g/mol. The van der Waals surface area contributed by atoms with Gasteiger partial charge < -0.3 is 21.1 Å². The van der Waals surface area contributed by atoms with E-state index >= 15 is 0 Å². The molecule has 2 bridgehead atoms. The molecule has 2 amide bonds. The van der Waals surface area contributed by atoms with Crippen molar-refractivity contribution in [1.82, 2.24) is 4.90 Å². The van der Waals surface area contributed by atoms with Crippen LogP contribution in [0.2, 0.25) is 5.02 Å². The fourth-order valence-electron chi connectivity index (χ4n) is 4.84. The molecule has 3 aromatic rings. The standard InChI is InChI=1S/C29H29ClN4O3/c30-21-10-12-22(13-11-21)32-29(36)25(17-34-16-24-15-23(34)18-37-24)20-8-5-19(6-9-20)7-14-28(35)33-27-4-2-1-3-26(27)31/h1-14,23-25H,15-18,31H2,(H,32,36)(H,33,35)/b14-7+/t23-,24?,25?/m0/s1. The van der Waals surface area contributed by atoms with E-state index < -0.39 is 0 Å². The molecule has 37 heavy (non-hydrogen) atoms. The molecule has 3 aromatic carbocycles. The number of para-hydroxylation sites is 2. The molecule has 2 aliphatic rings. The van der Waals surface area contributed by atoms with Gasteiger partial charge in [0.1, 0.15) is 0 Å². The molecule has 0 spiro atoms. The fourth-order valence-corrected chi connectivity index (χ4v) is 4.96. The Labute approximate surface area is 221 Å². The van der Waals surface area contributed by atoms with Crippen molar-refractivity contribution < 1.29 is 14.3 Å². The van der Waals surface area contributed by atoms with Gasteiger partial charge in [0.05, 0.1) is 30.0 Å². The highest BCUT2D eigenvalue weighted by molar-refractivity contribution is 6.30. The Morgan fingerprint density at radius 2 is 1.81 bits per heavy atom. The number of carbonyl (C=O) groups excluding carboxylic acids is 2. The average molecular weight is 517 g/mol. The van der Waals surface area contributed by atoms with E-state index in [1.54, 1.807) is 42.5 Å². The molecule has 0 aromatic heterocycles. The molecule has 0 aliphatic carbocycles. The van der Waals surface area contributed by atoms with Crippen molar-refractivity contribution in [3.63, 3.8) is 0 Å². The lowest BCUT2D eigenvalue weighted by atomic mass is 9.95. The maximum Gasteiger partial charge on any atom is 0.248 e. The number of fused-ring (bicyclic) bond motifs is 2. The molecule has 2 heterocycles. The van der Waals surface area contributed by atoms with Crippen LogP contribution >= 0.6 is 11.6 Å². The van der Waals surface area contributed by atoms with Crippen LogP contribution in [0.25, 0.3) is 6.08 Å². The van der Waals surface area contributed by atoms with Crippen LogP contribution in [0.3, 0.4) is 0 Å². The summed E-state index contributed by atoms with van der Waals surface area (Å²) in [4.78, 5) is 28.1. The van der Waals surface area contributed by atoms with Crippen LogP contribution in [0.15, 0.2) is 78.9 Å². The van der Waals surface area contributed by atoms with Crippen LogP contribution in [0, 0.1) is 0 Å². The van der Waals surface area contributed by atoms with Gasteiger partial charge in [-0.3, -0.25) is 14.5 Å². The van der Waals surface area contributed by atoms with Crippen molar-refractivity contribution in [1.29, 1.82) is 0 Å². The monoisotopic (exact) mass is 516 g/mol. The number of nitrogens with zero attached hydrogens (tertiary/aromatic N) is 1. The number of morpholine rings is 1. The Morgan fingerprint density at radius 3 is 2.49 bits per heavy atom. The number of rotatable bonds is 8. The number of ether oxygens (including phenoxy) is 1. The Bertz CT molecular complexity index is 1290. The Balaban J connectivity index is 1.29. The van der Waals surface area contributed by atoms with Crippen molar-refractivity contribution in [2.75, 3.05) is 36.1 Å². The third kappa shape index (κ3) is 6.20. The lowest BCUT2D eigenvalue weighted by molar-refractivity contribution is -0.118. The third-order valence-electron chi connectivity index (χ3n) is 6.84. The molecule has 3 atom stereocenters. The smallest absolute Gasteiger partial charge is 0.248 e. The second-order valence-electron chi connectivity index (χ2n) is 9.42. The number of hydrogen-bond donors (Lipinski definition) is 3. The zero-order chi connectivity index (χ0) is 25.8. The van der Waals surface area contributed by atoms with Gasteiger partial charge in [-0.15, -0.1) is 0 Å². The van der Waals surface area contributed by atoms with Gasteiger partial charge in [0.25, 0.3) is 0 Å². The van der Waals surface area contributed by atoms with Crippen molar-refractivity contribution in [2.24, 2.45) is 0 Å². The second kappa shape index (κ2) is 11.2. The summed E-state index contributed by atoms with van der Waals surface area (Å²) in [5.74, 6) is -0.708. The van der Waals surface area contributed by atoms with Gasteiger partial charge in [-0.2, -0.15) is 0 Å². The number of anilines is 3. The van der Waals surface area contributed by atoms with Crippen LogP contribution in [0.1, 0.15) is 23.5 Å². The number of nitrogens with one attached hydrogen (secondary N) is 2. The predicted octanol–water partition coefficient (Wildman–Crippen LogP) is 4.77. The van der Waals surface area contributed by atoms with E-state index in [1.807, 2.05) is 36.4 Å². The number of halogens is 1. The van der Waals surface area contributed by atoms with Crippen LogP contribution in [0.5, 0.6) is 0 Å². The van der Waals surface area contributed by atoms with Crippen LogP contribution < -0.4 is 16.4 Å². The second-order valence-corrected chi connectivity index (χ2v) is 9.86. The molecule has 8 heteroatoms. The van der Waals surface area contributed by atoms with Crippen LogP contribution in [-0.4, -0.2) is 48.6 Å². The van der Waals surface area contributed by atoms with Crippen molar-refractivity contribution in [3.8, 4) is 0 Å². The number of benzene rings is 3. The predicted molar refractivity (Wildman–Crippen MR) is 148 cm³/mol. The van der Waals surface area contributed by atoms with Gasteiger partial charge in [0, 0.05) is 35.9 Å². The van der Waals surface area contributed by atoms with Crippen molar-refractivity contribution in [2.45, 2.75) is 24.5 Å². The van der Waals surface area contributed by atoms with E-state index in [4.69, 9.17) is 22.1 Å². The summed E-state index contributed by atoms with van der Waals surface area (Å²) in [6, 6.07) is 22.3. The molecule has 2 aliphatic heterocycles. The molecule has 7 nitrogen and oxygen atoms in total. The molecule has 0 saturated carbocycles. The lowest BCUT2D eigenvalue weighted by Gasteiger charge is -2.30. The number of nitrogen functional groups attached to an aromatic ring is 1. The topological polar surface area (TPSA) is 96.7 Å². The summed E-state index contributed by atoms with van der Waals surface area (Å²) in [7, 11) is 0. The summed E-state index contributed by atoms with van der Waals surface area (Å²) in [6.07, 6.45) is 4.48. The maximum atomic E-state index is 13.4. The van der Waals surface area contributed by atoms with E-state index in [2.05, 4.69) is 15.5 Å². The molecule has 2 saturated heterocycles. The Morgan fingerprint density at radius 1 is 1.05 bits per heavy atom. The van der Waals surface area contributed by atoms with Gasteiger partial charge in [0.2, 0.25) is 11.8 Å². The minimum atomic E-state index is -0.364. The van der Waals surface area contributed by atoms with Gasteiger partial charge in [-0.05, 0) is 60.0 Å². The average Bonchev–Trinajstić information content (AvgIpc) is 3.53. The van der Waals surface area contributed by atoms with E-state index in [-0.39, 0.29) is 23.8 Å². The number of carbonyl (C=O) groups is 2. The van der Waals surface area contributed by atoms with Gasteiger partial charge >= 0.3 is 0 Å². The quantitative estimate of drug-likeness (QED) is 0.296. The summed E-state index contributed by atoms with van der Waals surface area (Å²) in [5.41, 5.74) is 9.44. The number of nitrogens with two attached hydrogens (primary N) is 1. The molecular formula is C29H29ClN4O3. The highest BCUT2D eigenvalue weighted by Gasteiger charge is 2.40. The first-order chi connectivity index (χ1) is 17.9. The Kier molecular flexibility index (Phi) is 7.55. The fraction of sp³-hybridized carbons (Fsp3) is 0.241. The first-order valence-electron chi connectivity index (χ1n) is 12.3. The van der Waals surface area contributed by atoms with Gasteiger partial charge in [0.15, 0.2) is 0 Å². The minimum Gasteiger partial charge on any atom is -0.397 e. The SMILES string of the molecule is Nc1ccccc1NC(=O)/C=C/c1ccc(C(CN2CC3C[C@H]2CO3)C(=O)Nc2ccc(Cl)cc2)cc1. The number of hydrogen-bond acceptors (Lipinski definition) is 5. The molecule has 190 valence electrons. The number of likely N-dealkylation sites (tertiary alicyclic amines) is 1. The van der Waals surface area contributed by atoms with E-state index in [9.17, 15) is 9.59 Å². The van der Waals surface area contributed by atoms with Crippen LogP contribution in [-0.2, 0) is 14.3 Å². The summed E-state index contributed by atoms with van der Waals surface area (Å²) >= 11 is 6.00. The molecule has 2 unspecified atom stereocenters. The van der Waals surface area contributed by atoms with E-state index in [1.165, 1.54) is 6.08 Å². The molecule has 0 radical (unpaired) electrons. The zero-order valence-corrected chi connectivity index (χ0v) is 21.0. The number of amides is 2.